The van der Waals surface area contributed by atoms with E-state index < -0.39 is 0 Å². The van der Waals surface area contributed by atoms with Gasteiger partial charge in [-0.2, -0.15) is 0 Å². The molecule has 0 unspecified atom stereocenters. The van der Waals surface area contributed by atoms with E-state index >= 15 is 0 Å². The first-order chi connectivity index (χ1) is 9.74. The molecule has 0 spiro atoms. The molecule has 0 saturated carbocycles. The van der Waals surface area contributed by atoms with E-state index in [0.29, 0.717) is 18.1 Å². The van der Waals surface area contributed by atoms with Gasteiger partial charge in [0, 0.05) is 17.7 Å². The SMILES string of the molecule is O=c1[nH]c(NCc2ccccc2F)nc2c1CCCC2. The van der Waals surface area contributed by atoms with Crippen LogP contribution in [0.25, 0.3) is 0 Å². The van der Waals surface area contributed by atoms with Gasteiger partial charge in [0.2, 0.25) is 5.95 Å². The Kier molecular flexibility index (Phi) is 3.50. The zero-order chi connectivity index (χ0) is 13.9. The van der Waals surface area contributed by atoms with Crippen LogP contribution < -0.4 is 10.9 Å². The third kappa shape index (κ3) is 2.57. The molecule has 1 aromatic carbocycles. The van der Waals surface area contributed by atoms with Gasteiger partial charge >= 0.3 is 0 Å². The van der Waals surface area contributed by atoms with Gasteiger partial charge in [0.15, 0.2) is 0 Å². The van der Waals surface area contributed by atoms with E-state index in [1.807, 2.05) is 0 Å². The summed E-state index contributed by atoms with van der Waals surface area (Å²) in [6.45, 7) is 0.300. The number of hydrogen-bond donors (Lipinski definition) is 2. The first-order valence-electron chi connectivity index (χ1n) is 6.83. The molecule has 5 heteroatoms. The largest absolute Gasteiger partial charge is 0.352 e. The van der Waals surface area contributed by atoms with Crippen molar-refractivity contribution in [2.24, 2.45) is 0 Å². The fraction of sp³-hybridized carbons (Fsp3) is 0.333. The van der Waals surface area contributed by atoms with Crippen LogP contribution in [0, 0.1) is 5.82 Å². The average molecular weight is 273 g/mol. The van der Waals surface area contributed by atoms with Crippen molar-refractivity contribution in [3.8, 4) is 0 Å². The molecule has 1 heterocycles. The second-order valence-electron chi connectivity index (χ2n) is 4.99. The van der Waals surface area contributed by atoms with E-state index in [9.17, 15) is 9.18 Å². The molecule has 0 bridgehead atoms. The molecule has 1 aromatic heterocycles. The summed E-state index contributed by atoms with van der Waals surface area (Å²) in [5.74, 6) is 0.152. The Morgan fingerprint density at radius 3 is 2.90 bits per heavy atom. The minimum Gasteiger partial charge on any atom is -0.352 e. The first-order valence-corrected chi connectivity index (χ1v) is 6.83. The third-order valence-corrected chi connectivity index (χ3v) is 3.60. The lowest BCUT2D eigenvalue weighted by molar-refractivity contribution is 0.612. The molecular formula is C15H16FN3O. The van der Waals surface area contributed by atoms with Crippen molar-refractivity contribution in [3.63, 3.8) is 0 Å². The van der Waals surface area contributed by atoms with Crippen LogP contribution in [-0.2, 0) is 19.4 Å². The fourth-order valence-corrected chi connectivity index (χ4v) is 2.51. The predicted molar refractivity (Wildman–Crippen MR) is 75.2 cm³/mol. The molecule has 0 radical (unpaired) electrons. The molecule has 2 N–H and O–H groups in total. The topological polar surface area (TPSA) is 57.8 Å². The van der Waals surface area contributed by atoms with Gasteiger partial charge in [0.25, 0.3) is 5.56 Å². The van der Waals surface area contributed by atoms with Crippen LogP contribution in [-0.4, -0.2) is 9.97 Å². The summed E-state index contributed by atoms with van der Waals surface area (Å²) >= 11 is 0. The number of anilines is 1. The molecule has 2 aromatic rings. The van der Waals surface area contributed by atoms with Gasteiger partial charge in [-0.3, -0.25) is 9.78 Å². The van der Waals surface area contributed by atoms with E-state index in [1.54, 1.807) is 18.2 Å². The van der Waals surface area contributed by atoms with Gasteiger partial charge in [0.1, 0.15) is 5.82 Å². The zero-order valence-electron chi connectivity index (χ0n) is 11.1. The molecule has 3 rings (SSSR count). The molecule has 104 valence electrons. The lowest BCUT2D eigenvalue weighted by Gasteiger charge is -2.15. The first kappa shape index (κ1) is 12.8. The number of nitrogens with zero attached hydrogens (tertiary/aromatic N) is 1. The number of aromatic nitrogens is 2. The molecule has 1 aliphatic rings. The van der Waals surface area contributed by atoms with Crippen LogP contribution in [0.2, 0.25) is 0 Å². The van der Waals surface area contributed by atoms with Crippen molar-refractivity contribution in [2.45, 2.75) is 32.2 Å². The highest BCUT2D eigenvalue weighted by Gasteiger charge is 2.15. The smallest absolute Gasteiger partial charge is 0.255 e. The third-order valence-electron chi connectivity index (χ3n) is 3.60. The van der Waals surface area contributed by atoms with Crippen molar-refractivity contribution in [3.05, 3.63) is 57.3 Å². The fourth-order valence-electron chi connectivity index (χ4n) is 2.51. The Morgan fingerprint density at radius 1 is 1.25 bits per heavy atom. The molecule has 0 atom stereocenters. The number of hydrogen-bond acceptors (Lipinski definition) is 3. The van der Waals surface area contributed by atoms with Gasteiger partial charge in [-0.05, 0) is 31.7 Å². The molecular weight excluding hydrogens is 257 g/mol. The number of aryl methyl sites for hydroxylation is 1. The monoisotopic (exact) mass is 273 g/mol. The van der Waals surface area contributed by atoms with Crippen molar-refractivity contribution in [1.29, 1.82) is 0 Å². The number of halogens is 1. The van der Waals surface area contributed by atoms with E-state index in [0.717, 1.165) is 36.9 Å². The van der Waals surface area contributed by atoms with Crippen LogP contribution in [0.4, 0.5) is 10.3 Å². The average Bonchev–Trinajstić information content (AvgIpc) is 2.46. The van der Waals surface area contributed by atoms with E-state index in [1.165, 1.54) is 6.07 Å². The molecule has 0 aliphatic heterocycles. The van der Waals surface area contributed by atoms with Crippen molar-refractivity contribution in [2.75, 3.05) is 5.32 Å². The minimum absolute atomic E-state index is 0.0780. The molecule has 0 amide bonds. The van der Waals surface area contributed by atoms with Crippen LogP contribution >= 0.6 is 0 Å². The lowest BCUT2D eigenvalue weighted by Crippen LogP contribution is -2.22. The van der Waals surface area contributed by atoms with E-state index in [4.69, 9.17) is 0 Å². The highest BCUT2D eigenvalue weighted by Crippen LogP contribution is 2.17. The molecule has 0 saturated heterocycles. The van der Waals surface area contributed by atoms with Crippen molar-refractivity contribution in [1.82, 2.24) is 9.97 Å². The highest BCUT2D eigenvalue weighted by molar-refractivity contribution is 5.32. The highest BCUT2D eigenvalue weighted by atomic mass is 19.1. The molecule has 0 fully saturated rings. The second-order valence-corrected chi connectivity index (χ2v) is 4.99. The standard InChI is InChI=1S/C15H16FN3O/c16-12-7-3-1-5-10(12)9-17-15-18-13-8-4-2-6-11(13)14(20)19-15/h1,3,5,7H,2,4,6,8-9H2,(H2,17,18,19,20). The Labute approximate surface area is 116 Å². The van der Waals surface area contributed by atoms with E-state index in [2.05, 4.69) is 15.3 Å². The summed E-state index contributed by atoms with van der Waals surface area (Å²) in [5.41, 5.74) is 2.14. The van der Waals surface area contributed by atoms with E-state index in [-0.39, 0.29) is 11.4 Å². The number of rotatable bonds is 3. The summed E-state index contributed by atoms with van der Waals surface area (Å²) in [5, 5.41) is 2.99. The number of benzene rings is 1. The van der Waals surface area contributed by atoms with Crippen molar-refractivity contribution < 1.29 is 4.39 Å². The summed E-state index contributed by atoms with van der Waals surface area (Å²) < 4.78 is 13.5. The Balaban J connectivity index is 1.80. The maximum absolute atomic E-state index is 13.5. The number of H-pyrrole nitrogens is 1. The van der Waals surface area contributed by atoms with Crippen LogP contribution in [0.5, 0.6) is 0 Å². The zero-order valence-corrected chi connectivity index (χ0v) is 11.1. The summed E-state index contributed by atoms with van der Waals surface area (Å²) in [6, 6.07) is 6.56. The van der Waals surface area contributed by atoms with Gasteiger partial charge in [-0.25, -0.2) is 9.37 Å². The van der Waals surface area contributed by atoms with Gasteiger partial charge in [-0.15, -0.1) is 0 Å². The van der Waals surface area contributed by atoms with Crippen LogP contribution in [0.3, 0.4) is 0 Å². The van der Waals surface area contributed by atoms with Crippen LogP contribution in [0.1, 0.15) is 29.7 Å². The number of fused-ring (bicyclic) bond motifs is 1. The summed E-state index contributed by atoms with van der Waals surface area (Å²) in [4.78, 5) is 19.1. The van der Waals surface area contributed by atoms with Gasteiger partial charge < -0.3 is 5.32 Å². The quantitative estimate of drug-likeness (QED) is 0.902. The normalized spacial score (nSPS) is 13.8. The minimum atomic E-state index is -0.264. The molecule has 20 heavy (non-hydrogen) atoms. The van der Waals surface area contributed by atoms with Gasteiger partial charge in [-0.1, -0.05) is 18.2 Å². The lowest BCUT2D eigenvalue weighted by atomic mass is 9.97. The van der Waals surface area contributed by atoms with Gasteiger partial charge in [0.05, 0.1) is 5.69 Å². The number of nitrogens with one attached hydrogen (secondary N) is 2. The summed E-state index contributed by atoms with van der Waals surface area (Å²) in [6.07, 6.45) is 3.74. The maximum atomic E-state index is 13.5. The molecule has 1 aliphatic carbocycles. The number of aromatic amines is 1. The summed E-state index contributed by atoms with van der Waals surface area (Å²) in [7, 11) is 0. The Bertz CT molecular complexity index is 681. The Morgan fingerprint density at radius 2 is 2.05 bits per heavy atom. The maximum Gasteiger partial charge on any atom is 0.255 e. The Hall–Kier alpha value is -2.17. The van der Waals surface area contributed by atoms with Crippen molar-refractivity contribution >= 4 is 5.95 Å². The van der Waals surface area contributed by atoms with Crippen LogP contribution in [0.15, 0.2) is 29.1 Å². The molecule has 4 nitrogen and oxygen atoms in total. The predicted octanol–water partition coefficient (Wildman–Crippen LogP) is 2.40. The second kappa shape index (κ2) is 5.45.